The Balaban J connectivity index is 2.08. The second kappa shape index (κ2) is 6.95. The summed E-state index contributed by atoms with van der Waals surface area (Å²) >= 11 is 2.53. The highest BCUT2D eigenvalue weighted by molar-refractivity contribution is 8.02. The number of carbonyl (C=O) groups is 1. The van der Waals surface area contributed by atoms with Gasteiger partial charge in [0.2, 0.25) is 5.13 Å². The summed E-state index contributed by atoms with van der Waals surface area (Å²) in [5, 5.41) is 11.0. The quantitative estimate of drug-likeness (QED) is 0.648. The lowest BCUT2D eigenvalue weighted by Crippen LogP contribution is -2.15. The molecule has 0 amide bonds. The predicted molar refractivity (Wildman–Crippen MR) is 80.1 cm³/mol. The van der Waals surface area contributed by atoms with Gasteiger partial charge in [0.25, 0.3) is 0 Å². The monoisotopic (exact) mass is 329 g/mol. The molecule has 0 aliphatic carbocycles. The van der Waals surface area contributed by atoms with Crippen LogP contribution in [-0.4, -0.2) is 27.8 Å². The van der Waals surface area contributed by atoms with Crippen LogP contribution in [-0.2, 0) is 0 Å². The Morgan fingerprint density at radius 2 is 2.19 bits per heavy atom. The van der Waals surface area contributed by atoms with Crippen LogP contribution in [0.4, 0.5) is 13.9 Å². The Bertz CT molecular complexity index is 648. The van der Waals surface area contributed by atoms with Crippen LogP contribution in [0.3, 0.4) is 0 Å². The van der Waals surface area contributed by atoms with Crippen molar-refractivity contribution in [3.8, 4) is 0 Å². The van der Waals surface area contributed by atoms with E-state index in [1.165, 1.54) is 23.1 Å². The fourth-order valence-corrected chi connectivity index (χ4v) is 3.62. The minimum absolute atomic E-state index is 0.118. The average Bonchev–Trinajstić information content (AvgIpc) is 2.86. The maximum Gasteiger partial charge on any atom is 0.206 e. The zero-order valence-electron chi connectivity index (χ0n) is 11.4. The van der Waals surface area contributed by atoms with E-state index in [4.69, 9.17) is 0 Å². The third kappa shape index (κ3) is 3.98. The van der Waals surface area contributed by atoms with Gasteiger partial charge in [-0.1, -0.05) is 23.1 Å². The summed E-state index contributed by atoms with van der Waals surface area (Å²) in [7, 11) is 0. The lowest BCUT2D eigenvalue weighted by molar-refractivity contribution is 0.0990. The number of hydrogen-bond acceptors (Lipinski definition) is 6. The zero-order chi connectivity index (χ0) is 15.4. The molecule has 21 heavy (non-hydrogen) atoms. The Morgan fingerprint density at radius 1 is 1.43 bits per heavy atom. The molecule has 0 aliphatic heterocycles. The number of hydrogen-bond donors (Lipinski definition) is 1. The van der Waals surface area contributed by atoms with Gasteiger partial charge in [-0.05, 0) is 26.0 Å². The topological polar surface area (TPSA) is 54.9 Å². The molecule has 1 aromatic heterocycles. The average molecular weight is 329 g/mol. The number of aromatic nitrogens is 2. The predicted octanol–water partition coefficient (Wildman–Crippen LogP) is 3.61. The standard InChI is InChI=1S/C13H13F2N3OS2/c1-3-16-12-17-18-13(21-12)20-7(2)11(19)9-5-4-8(14)6-10(9)15/h4-7H,3H2,1-2H3,(H,16,17). The van der Waals surface area contributed by atoms with Crippen molar-refractivity contribution in [3.05, 3.63) is 35.4 Å². The van der Waals surface area contributed by atoms with Crippen LogP contribution >= 0.6 is 23.1 Å². The molecule has 2 aromatic rings. The van der Waals surface area contributed by atoms with Crippen molar-refractivity contribution in [2.75, 3.05) is 11.9 Å². The van der Waals surface area contributed by atoms with Gasteiger partial charge in [0.15, 0.2) is 10.1 Å². The first-order valence-electron chi connectivity index (χ1n) is 6.24. The number of benzene rings is 1. The van der Waals surface area contributed by atoms with E-state index in [0.717, 1.165) is 18.7 Å². The van der Waals surface area contributed by atoms with E-state index < -0.39 is 22.7 Å². The molecule has 1 unspecified atom stereocenters. The highest BCUT2D eigenvalue weighted by Gasteiger charge is 2.21. The van der Waals surface area contributed by atoms with E-state index >= 15 is 0 Å². The second-order valence-corrected chi connectivity index (χ2v) is 6.72. The van der Waals surface area contributed by atoms with Crippen molar-refractivity contribution in [2.45, 2.75) is 23.4 Å². The van der Waals surface area contributed by atoms with Crippen LogP contribution in [0, 0.1) is 11.6 Å². The van der Waals surface area contributed by atoms with Crippen LogP contribution in [0.25, 0.3) is 0 Å². The number of thioether (sulfide) groups is 1. The summed E-state index contributed by atoms with van der Waals surface area (Å²) in [5.74, 6) is -1.96. The van der Waals surface area contributed by atoms with Crippen LogP contribution in [0.1, 0.15) is 24.2 Å². The normalized spacial score (nSPS) is 12.2. The molecule has 0 saturated carbocycles. The fraction of sp³-hybridized carbons (Fsp3) is 0.308. The van der Waals surface area contributed by atoms with E-state index in [1.54, 1.807) is 6.92 Å². The van der Waals surface area contributed by atoms with Crippen molar-refractivity contribution in [1.82, 2.24) is 10.2 Å². The summed E-state index contributed by atoms with van der Waals surface area (Å²) < 4.78 is 27.1. The number of nitrogens with zero attached hydrogens (tertiary/aromatic N) is 2. The van der Waals surface area contributed by atoms with Crippen LogP contribution in [0.2, 0.25) is 0 Å². The summed E-state index contributed by atoms with van der Waals surface area (Å²) in [6.45, 7) is 4.33. The van der Waals surface area contributed by atoms with Crippen molar-refractivity contribution >= 4 is 34.0 Å². The molecule has 2 rings (SSSR count). The summed E-state index contributed by atoms with van der Waals surface area (Å²) in [6.07, 6.45) is 0. The molecule has 1 atom stereocenters. The van der Waals surface area contributed by atoms with E-state index in [2.05, 4.69) is 15.5 Å². The summed E-state index contributed by atoms with van der Waals surface area (Å²) in [4.78, 5) is 12.2. The van der Waals surface area contributed by atoms with E-state index in [-0.39, 0.29) is 5.56 Å². The highest BCUT2D eigenvalue weighted by atomic mass is 32.2. The lowest BCUT2D eigenvalue weighted by atomic mass is 10.1. The number of anilines is 1. The Kier molecular flexibility index (Phi) is 5.24. The number of halogens is 2. The fourth-order valence-electron chi connectivity index (χ4n) is 1.59. The van der Waals surface area contributed by atoms with Gasteiger partial charge in [-0.15, -0.1) is 10.2 Å². The third-order valence-electron chi connectivity index (χ3n) is 2.58. The molecule has 0 saturated heterocycles. The second-order valence-electron chi connectivity index (χ2n) is 4.15. The summed E-state index contributed by atoms with van der Waals surface area (Å²) in [5.41, 5.74) is -0.118. The SMILES string of the molecule is CCNc1nnc(SC(C)C(=O)c2ccc(F)cc2F)s1. The molecule has 4 nitrogen and oxygen atoms in total. The first-order valence-corrected chi connectivity index (χ1v) is 7.94. The lowest BCUT2D eigenvalue weighted by Gasteiger charge is -2.08. The minimum Gasteiger partial charge on any atom is -0.360 e. The molecule has 1 aromatic carbocycles. The van der Waals surface area contributed by atoms with Crippen LogP contribution in [0.15, 0.2) is 22.5 Å². The number of carbonyl (C=O) groups excluding carboxylic acids is 1. The molecule has 0 aliphatic rings. The van der Waals surface area contributed by atoms with Crippen molar-refractivity contribution in [2.24, 2.45) is 0 Å². The first kappa shape index (κ1) is 15.8. The Morgan fingerprint density at radius 3 is 2.86 bits per heavy atom. The Labute approximate surface area is 129 Å². The molecule has 0 bridgehead atoms. The van der Waals surface area contributed by atoms with Gasteiger partial charge in [0.05, 0.1) is 10.8 Å². The van der Waals surface area contributed by atoms with Gasteiger partial charge in [0.1, 0.15) is 11.6 Å². The first-order chi connectivity index (χ1) is 10.0. The maximum atomic E-state index is 13.6. The molecule has 0 spiro atoms. The molecule has 112 valence electrons. The van der Waals surface area contributed by atoms with Gasteiger partial charge in [-0.2, -0.15) is 0 Å². The molecule has 8 heteroatoms. The maximum absolute atomic E-state index is 13.6. The molecule has 0 radical (unpaired) electrons. The van der Waals surface area contributed by atoms with E-state index in [0.29, 0.717) is 15.5 Å². The van der Waals surface area contributed by atoms with E-state index in [1.807, 2.05) is 6.92 Å². The van der Waals surface area contributed by atoms with Crippen LogP contribution < -0.4 is 5.32 Å². The molecular formula is C13H13F2N3OS2. The molecule has 1 N–H and O–H groups in total. The largest absolute Gasteiger partial charge is 0.360 e. The van der Waals surface area contributed by atoms with E-state index in [9.17, 15) is 13.6 Å². The third-order valence-corrected chi connectivity index (χ3v) is 4.64. The number of Topliss-reactive ketones (excluding diaryl/α,β-unsaturated/α-hetero) is 1. The number of nitrogens with one attached hydrogen (secondary N) is 1. The molecule has 0 fully saturated rings. The van der Waals surface area contributed by atoms with Crippen molar-refractivity contribution < 1.29 is 13.6 Å². The number of rotatable bonds is 6. The van der Waals surface area contributed by atoms with Gasteiger partial charge in [-0.25, -0.2) is 8.78 Å². The highest BCUT2D eigenvalue weighted by Crippen LogP contribution is 2.30. The van der Waals surface area contributed by atoms with Gasteiger partial charge < -0.3 is 5.32 Å². The van der Waals surface area contributed by atoms with Crippen molar-refractivity contribution in [3.63, 3.8) is 0 Å². The molecular weight excluding hydrogens is 316 g/mol. The molecule has 1 heterocycles. The Hall–Kier alpha value is -1.54. The number of ketones is 1. The van der Waals surface area contributed by atoms with Gasteiger partial charge >= 0.3 is 0 Å². The van der Waals surface area contributed by atoms with Crippen molar-refractivity contribution in [1.29, 1.82) is 0 Å². The minimum atomic E-state index is -0.849. The smallest absolute Gasteiger partial charge is 0.206 e. The zero-order valence-corrected chi connectivity index (χ0v) is 13.0. The van der Waals surface area contributed by atoms with Gasteiger partial charge in [-0.3, -0.25) is 4.79 Å². The van der Waals surface area contributed by atoms with Crippen LogP contribution in [0.5, 0.6) is 0 Å². The summed E-state index contributed by atoms with van der Waals surface area (Å²) in [6, 6.07) is 2.94. The van der Waals surface area contributed by atoms with Gasteiger partial charge in [0, 0.05) is 12.6 Å².